The Bertz CT molecular complexity index is 513. The second-order valence-corrected chi connectivity index (χ2v) is 7.00. The molecule has 0 radical (unpaired) electrons. The minimum atomic E-state index is 0.0739. The molecule has 114 valence electrons. The van der Waals surface area contributed by atoms with Gasteiger partial charge in [-0.05, 0) is 31.5 Å². The number of hydrogen-bond donors (Lipinski definition) is 0. The van der Waals surface area contributed by atoms with Gasteiger partial charge in [-0.3, -0.25) is 9.59 Å². The molecular weight excluding hydrogens is 286 g/mol. The van der Waals surface area contributed by atoms with E-state index in [1.165, 1.54) is 11.8 Å². The van der Waals surface area contributed by atoms with Crippen LogP contribution < -0.4 is 4.74 Å². The maximum absolute atomic E-state index is 12.0. The lowest BCUT2D eigenvalue weighted by Gasteiger charge is -2.17. The van der Waals surface area contributed by atoms with Crippen LogP contribution >= 0.6 is 11.8 Å². The maximum atomic E-state index is 12.0. The number of ether oxygens (including phenoxy) is 1. The number of likely N-dealkylation sites (tertiary alicyclic amines) is 1. The zero-order chi connectivity index (χ0) is 15.4. The summed E-state index contributed by atoms with van der Waals surface area (Å²) in [6.07, 6.45) is 0.610. The molecule has 1 heterocycles. The Balaban J connectivity index is 1.92. The molecule has 0 saturated carbocycles. The smallest absolute Gasteiger partial charge is 0.224 e. The molecule has 1 aliphatic rings. The molecule has 21 heavy (non-hydrogen) atoms. The monoisotopic (exact) mass is 307 g/mol. The van der Waals surface area contributed by atoms with Gasteiger partial charge >= 0.3 is 0 Å². The zero-order valence-electron chi connectivity index (χ0n) is 12.7. The zero-order valence-corrected chi connectivity index (χ0v) is 13.5. The van der Waals surface area contributed by atoms with Crippen LogP contribution in [0, 0.1) is 0 Å². The van der Waals surface area contributed by atoms with E-state index in [4.69, 9.17) is 4.74 Å². The standard InChI is InChI=1S/C16H21NO3S/c1-11(2)20-14-6-4-13(5-7-14)9-17-10-15(8-16(17)19)21-12(3)18/h4-7,11,15H,8-10H2,1-3H3. The van der Waals surface area contributed by atoms with Gasteiger partial charge < -0.3 is 9.64 Å². The molecule has 4 nitrogen and oxygen atoms in total. The largest absolute Gasteiger partial charge is 0.491 e. The number of thioether (sulfide) groups is 1. The highest BCUT2D eigenvalue weighted by molar-refractivity contribution is 8.14. The summed E-state index contributed by atoms with van der Waals surface area (Å²) in [6, 6.07) is 7.82. The van der Waals surface area contributed by atoms with E-state index in [0.29, 0.717) is 19.5 Å². The summed E-state index contributed by atoms with van der Waals surface area (Å²) in [7, 11) is 0. The van der Waals surface area contributed by atoms with Gasteiger partial charge in [-0.25, -0.2) is 0 Å². The molecule has 1 fully saturated rings. The average molecular weight is 307 g/mol. The summed E-state index contributed by atoms with van der Waals surface area (Å²) >= 11 is 1.27. The third kappa shape index (κ3) is 4.77. The second-order valence-electron chi connectivity index (χ2n) is 5.52. The van der Waals surface area contributed by atoms with Crippen molar-refractivity contribution in [3.63, 3.8) is 0 Å². The lowest BCUT2D eigenvalue weighted by molar-refractivity contribution is -0.128. The van der Waals surface area contributed by atoms with E-state index < -0.39 is 0 Å². The van der Waals surface area contributed by atoms with Crippen molar-refractivity contribution in [3.8, 4) is 5.75 Å². The van der Waals surface area contributed by atoms with Gasteiger partial charge in [-0.1, -0.05) is 23.9 Å². The molecule has 1 aliphatic heterocycles. The first-order valence-electron chi connectivity index (χ1n) is 7.14. The lowest BCUT2D eigenvalue weighted by atomic mass is 10.2. The van der Waals surface area contributed by atoms with Crippen molar-refractivity contribution in [2.45, 2.75) is 45.1 Å². The summed E-state index contributed by atoms with van der Waals surface area (Å²) in [5.41, 5.74) is 1.08. The van der Waals surface area contributed by atoms with Crippen molar-refractivity contribution < 1.29 is 14.3 Å². The molecule has 1 atom stereocenters. The van der Waals surface area contributed by atoms with Gasteiger partial charge in [0, 0.05) is 31.7 Å². The first-order chi connectivity index (χ1) is 9.94. The van der Waals surface area contributed by atoms with Crippen molar-refractivity contribution in [3.05, 3.63) is 29.8 Å². The van der Waals surface area contributed by atoms with Crippen molar-refractivity contribution in [2.24, 2.45) is 0 Å². The molecule has 1 amide bonds. The Labute approximate surface area is 129 Å². The SMILES string of the molecule is CC(=O)SC1CC(=O)N(Cc2ccc(OC(C)C)cc2)C1. The number of carbonyl (C=O) groups is 2. The number of nitrogens with zero attached hydrogens (tertiary/aromatic N) is 1. The molecule has 2 rings (SSSR count). The summed E-state index contributed by atoms with van der Waals surface area (Å²) in [6.45, 7) is 6.77. The molecule has 5 heteroatoms. The van der Waals surface area contributed by atoms with Crippen molar-refractivity contribution in [1.82, 2.24) is 4.90 Å². The Morgan fingerprint density at radius 3 is 2.62 bits per heavy atom. The number of amides is 1. The average Bonchev–Trinajstić information content (AvgIpc) is 2.70. The minimum Gasteiger partial charge on any atom is -0.491 e. The molecule has 1 aromatic carbocycles. The van der Waals surface area contributed by atoms with Crippen LogP contribution in [0.3, 0.4) is 0 Å². The first kappa shape index (κ1) is 15.9. The van der Waals surface area contributed by atoms with Crippen molar-refractivity contribution >= 4 is 22.8 Å². The molecule has 0 aliphatic carbocycles. The summed E-state index contributed by atoms with van der Waals surface area (Å²) in [4.78, 5) is 24.9. The number of benzene rings is 1. The Morgan fingerprint density at radius 1 is 1.38 bits per heavy atom. The van der Waals surface area contributed by atoms with Gasteiger partial charge in [0.2, 0.25) is 5.91 Å². The van der Waals surface area contributed by atoms with Crippen LogP contribution in [0.4, 0.5) is 0 Å². The van der Waals surface area contributed by atoms with E-state index in [9.17, 15) is 9.59 Å². The highest BCUT2D eigenvalue weighted by atomic mass is 32.2. The maximum Gasteiger partial charge on any atom is 0.224 e. The van der Waals surface area contributed by atoms with Gasteiger partial charge in [-0.2, -0.15) is 0 Å². The molecule has 0 spiro atoms. The van der Waals surface area contributed by atoms with Crippen LogP contribution in [0.15, 0.2) is 24.3 Å². The van der Waals surface area contributed by atoms with E-state index in [2.05, 4.69) is 0 Å². The Kier molecular flexibility index (Phi) is 5.28. The Hall–Kier alpha value is -1.49. The summed E-state index contributed by atoms with van der Waals surface area (Å²) in [5.74, 6) is 0.961. The second kappa shape index (κ2) is 6.98. The van der Waals surface area contributed by atoms with Crippen LogP contribution in [-0.2, 0) is 16.1 Å². The van der Waals surface area contributed by atoms with Gasteiger partial charge in [0.15, 0.2) is 5.12 Å². The van der Waals surface area contributed by atoms with Gasteiger partial charge in [0.1, 0.15) is 5.75 Å². The third-order valence-corrected chi connectivity index (χ3v) is 4.16. The fraction of sp³-hybridized carbons (Fsp3) is 0.500. The van der Waals surface area contributed by atoms with Gasteiger partial charge in [-0.15, -0.1) is 0 Å². The van der Waals surface area contributed by atoms with E-state index in [-0.39, 0.29) is 22.4 Å². The minimum absolute atomic E-state index is 0.0739. The molecule has 0 aromatic heterocycles. The van der Waals surface area contributed by atoms with Crippen LogP contribution in [0.5, 0.6) is 5.75 Å². The quantitative estimate of drug-likeness (QED) is 0.839. The van der Waals surface area contributed by atoms with E-state index in [1.807, 2.05) is 43.0 Å². The van der Waals surface area contributed by atoms with Gasteiger partial charge in [0.05, 0.1) is 6.10 Å². The predicted molar refractivity (Wildman–Crippen MR) is 84.3 cm³/mol. The Morgan fingerprint density at radius 2 is 2.05 bits per heavy atom. The molecule has 0 bridgehead atoms. The molecular formula is C16H21NO3S. The van der Waals surface area contributed by atoms with E-state index in [0.717, 1.165) is 11.3 Å². The van der Waals surface area contributed by atoms with Gasteiger partial charge in [0.25, 0.3) is 0 Å². The highest BCUT2D eigenvalue weighted by Gasteiger charge is 2.30. The van der Waals surface area contributed by atoms with Crippen LogP contribution in [0.1, 0.15) is 32.8 Å². The summed E-state index contributed by atoms with van der Waals surface area (Å²) < 4.78 is 5.60. The fourth-order valence-corrected chi connectivity index (χ4v) is 3.32. The topological polar surface area (TPSA) is 46.6 Å². The van der Waals surface area contributed by atoms with Crippen molar-refractivity contribution in [2.75, 3.05) is 6.54 Å². The predicted octanol–water partition coefficient (Wildman–Crippen LogP) is 2.85. The number of rotatable bonds is 5. The van der Waals surface area contributed by atoms with Crippen LogP contribution in [0.25, 0.3) is 0 Å². The molecule has 1 unspecified atom stereocenters. The van der Waals surface area contributed by atoms with E-state index in [1.54, 1.807) is 6.92 Å². The summed E-state index contributed by atoms with van der Waals surface area (Å²) in [5, 5.41) is 0.170. The normalized spacial score (nSPS) is 18.4. The van der Waals surface area contributed by atoms with Crippen LogP contribution in [-0.4, -0.2) is 33.8 Å². The van der Waals surface area contributed by atoms with Crippen LogP contribution in [0.2, 0.25) is 0 Å². The van der Waals surface area contributed by atoms with E-state index >= 15 is 0 Å². The first-order valence-corrected chi connectivity index (χ1v) is 8.02. The fourth-order valence-electron chi connectivity index (χ4n) is 2.37. The number of hydrogen-bond acceptors (Lipinski definition) is 4. The molecule has 1 aromatic rings. The lowest BCUT2D eigenvalue weighted by Crippen LogP contribution is -2.25. The highest BCUT2D eigenvalue weighted by Crippen LogP contribution is 2.25. The third-order valence-electron chi connectivity index (χ3n) is 3.18. The molecule has 1 saturated heterocycles. The molecule has 0 N–H and O–H groups in total. The van der Waals surface area contributed by atoms with Crippen molar-refractivity contribution in [1.29, 1.82) is 0 Å². The number of carbonyl (C=O) groups excluding carboxylic acids is 2.